The Bertz CT molecular complexity index is 1380. The van der Waals surface area contributed by atoms with Crippen LogP contribution in [0, 0.1) is 0 Å². The van der Waals surface area contributed by atoms with Gasteiger partial charge in [0.25, 0.3) is 0 Å². The molecule has 0 aliphatic carbocycles. The lowest BCUT2D eigenvalue weighted by molar-refractivity contribution is 1.71. The molecule has 0 heterocycles. The zero-order valence-electron chi connectivity index (χ0n) is 23.8. The normalized spacial score (nSPS) is 10.6. The first-order chi connectivity index (χ1) is 21.2. The Morgan fingerprint density at radius 2 is 0.558 bits per heavy atom. The fraction of sp³-hybridized carbons (Fsp3) is 0.0526. The standard InChI is InChI=1S/C19H17IP.C18H15P.CH2I2/c20-16-21(17-10-4-1-5-11-17,18-12-6-2-7-13-18)19-14-8-3-9-15-19;1-4-10-16(11-5-1)19(17-12-6-2-7-13-17)18-14-8-3-9-15-18;2-1-3/h1-15H,16H2;1-15H;1H2/q+1;;. The maximum Gasteiger partial charge on any atom is 0.124 e. The van der Waals surface area contributed by atoms with Gasteiger partial charge in [0.15, 0.2) is 0 Å². The summed E-state index contributed by atoms with van der Waals surface area (Å²) < 4.78 is 2.30. The molecule has 6 aromatic carbocycles. The van der Waals surface area contributed by atoms with E-state index < -0.39 is 15.2 Å². The van der Waals surface area contributed by atoms with E-state index in [2.05, 4.69) is 250 Å². The molecule has 216 valence electrons. The van der Waals surface area contributed by atoms with E-state index in [0.717, 1.165) is 4.17 Å². The molecule has 6 rings (SSSR count). The highest BCUT2D eigenvalue weighted by atomic mass is 127. The van der Waals surface area contributed by atoms with E-state index in [9.17, 15) is 0 Å². The SMILES string of the molecule is ICI.IC[P+](c1ccccc1)(c1ccccc1)c1ccccc1.c1ccc(P(c2ccccc2)c2ccccc2)cc1. The molecule has 0 N–H and O–H groups in total. The molecule has 0 radical (unpaired) electrons. The topological polar surface area (TPSA) is 0 Å². The summed E-state index contributed by atoms with van der Waals surface area (Å²) in [4.78, 5) is 0. The molecule has 0 aliphatic heterocycles. The number of benzene rings is 6. The fourth-order valence-corrected chi connectivity index (χ4v) is 14.1. The average Bonchev–Trinajstić information content (AvgIpc) is 3.09. The van der Waals surface area contributed by atoms with Crippen LogP contribution in [0.3, 0.4) is 0 Å². The van der Waals surface area contributed by atoms with Crippen molar-refractivity contribution < 1.29 is 0 Å². The number of rotatable bonds is 7. The van der Waals surface area contributed by atoms with E-state index in [1.165, 1.54) is 34.3 Å². The molecule has 5 heteroatoms. The van der Waals surface area contributed by atoms with Gasteiger partial charge in [-0.1, -0.05) is 191 Å². The maximum absolute atomic E-state index is 2.56. The summed E-state index contributed by atoms with van der Waals surface area (Å²) in [6.07, 6.45) is 0. The molecule has 0 unspecified atom stereocenters. The van der Waals surface area contributed by atoms with Crippen molar-refractivity contribution in [2.24, 2.45) is 0 Å². The minimum absolute atomic E-state index is 0.446. The summed E-state index contributed by atoms with van der Waals surface area (Å²) in [7, 11) is -1.99. The monoisotopic (exact) mass is 933 g/mol. The van der Waals surface area contributed by atoms with Crippen molar-refractivity contribution >= 4 is 115 Å². The van der Waals surface area contributed by atoms with Crippen LogP contribution in [0.15, 0.2) is 182 Å². The van der Waals surface area contributed by atoms with Gasteiger partial charge in [-0.25, -0.2) is 0 Å². The smallest absolute Gasteiger partial charge is 0.0748 e. The maximum atomic E-state index is 2.56. The zero-order chi connectivity index (χ0) is 30.2. The Balaban J connectivity index is 0.000000181. The predicted octanol–water partition coefficient (Wildman–Crippen LogP) is 9.63. The molecule has 0 amide bonds. The van der Waals surface area contributed by atoms with Crippen LogP contribution < -0.4 is 31.8 Å². The van der Waals surface area contributed by atoms with Gasteiger partial charge < -0.3 is 0 Å². The number of hydrogen-bond donors (Lipinski definition) is 0. The van der Waals surface area contributed by atoms with E-state index >= 15 is 0 Å². The Morgan fingerprint density at radius 1 is 0.349 bits per heavy atom. The van der Waals surface area contributed by atoms with Gasteiger partial charge in [0, 0.05) is 0 Å². The van der Waals surface area contributed by atoms with Gasteiger partial charge in [0.1, 0.15) is 27.3 Å². The van der Waals surface area contributed by atoms with Gasteiger partial charge in [0.05, 0.1) is 2.43 Å². The number of alkyl halides is 3. The second kappa shape index (κ2) is 19.0. The quantitative estimate of drug-likeness (QED) is 0.0851. The van der Waals surface area contributed by atoms with Crippen molar-refractivity contribution in [2.75, 3.05) is 6.60 Å². The first-order valence-electron chi connectivity index (χ1n) is 13.9. The Hall–Kier alpha value is -1.63. The van der Waals surface area contributed by atoms with Crippen molar-refractivity contribution in [1.82, 2.24) is 0 Å². The molecule has 0 fully saturated rings. The van der Waals surface area contributed by atoms with Crippen LogP contribution in [0.2, 0.25) is 0 Å². The Morgan fingerprint density at radius 3 is 0.767 bits per heavy atom. The molecule has 0 aromatic heterocycles. The van der Waals surface area contributed by atoms with Crippen LogP contribution in [0.1, 0.15) is 0 Å². The first-order valence-corrected chi connectivity index (χ1v) is 21.8. The average molecular weight is 933 g/mol. The van der Waals surface area contributed by atoms with Crippen molar-refractivity contribution in [1.29, 1.82) is 0 Å². The predicted molar refractivity (Wildman–Crippen MR) is 222 cm³/mol. The van der Waals surface area contributed by atoms with E-state index in [4.69, 9.17) is 0 Å². The summed E-state index contributed by atoms with van der Waals surface area (Å²) in [5.74, 6) is 0. The first kappa shape index (κ1) is 34.2. The minimum atomic E-state index is -1.55. The second-order valence-corrected chi connectivity index (χ2v) is 21.5. The highest BCUT2D eigenvalue weighted by Crippen LogP contribution is 2.56. The zero-order valence-corrected chi connectivity index (χ0v) is 32.0. The van der Waals surface area contributed by atoms with E-state index in [1.54, 1.807) is 0 Å². The van der Waals surface area contributed by atoms with Gasteiger partial charge in [-0.15, -0.1) is 0 Å². The van der Waals surface area contributed by atoms with Gasteiger partial charge in [0.2, 0.25) is 0 Å². The third-order valence-corrected chi connectivity index (χ3v) is 16.2. The summed E-state index contributed by atoms with van der Waals surface area (Å²) >= 11 is 7.11. The molecule has 0 saturated carbocycles. The van der Waals surface area contributed by atoms with Crippen molar-refractivity contribution in [2.45, 2.75) is 0 Å². The van der Waals surface area contributed by atoms with Crippen LogP contribution in [-0.2, 0) is 0 Å². The van der Waals surface area contributed by atoms with E-state index in [1.807, 2.05) is 0 Å². The van der Waals surface area contributed by atoms with E-state index in [0.29, 0.717) is 0 Å². The van der Waals surface area contributed by atoms with Crippen LogP contribution in [0.5, 0.6) is 0 Å². The molecule has 6 aromatic rings. The van der Waals surface area contributed by atoms with Crippen molar-refractivity contribution in [3.05, 3.63) is 182 Å². The summed E-state index contributed by atoms with van der Waals surface area (Å²) in [6.45, 7) is 0. The van der Waals surface area contributed by atoms with Crippen LogP contribution >= 0.6 is 83.0 Å². The number of hydrogen-bond acceptors (Lipinski definition) is 0. The summed E-state index contributed by atoms with van der Waals surface area (Å²) in [6, 6.07) is 65.3. The van der Waals surface area contributed by atoms with E-state index in [-0.39, 0.29) is 0 Å². The van der Waals surface area contributed by atoms with Gasteiger partial charge in [-0.05, 0) is 82.8 Å². The van der Waals surface area contributed by atoms with Gasteiger partial charge in [-0.2, -0.15) is 0 Å². The Kier molecular flexibility index (Phi) is 15.1. The molecular weight excluding hydrogens is 899 g/mol. The van der Waals surface area contributed by atoms with Crippen molar-refractivity contribution in [3.8, 4) is 0 Å². The third kappa shape index (κ3) is 9.43. The molecular formula is C38H34I3P2+. The highest BCUT2D eigenvalue weighted by Gasteiger charge is 2.44. The molecule has 0 spiro atoms. The van der Waals surface area contributed by atoms with Crippen LogP contribution in [0.4, 0.5) is 0 Å². The second-order valence-electron chi connectivity index (χ2n) is 9.38. The lowest BCUT2D eigenvalue weighted by Crippen LogP contribution is -2.31. The molecule has 43 heavy (non-hydrogen) atoms. The van der Waals surface area contributed by atoms with Crippen molar-refractivity contribution in [3.63, 3.8) is 0 Å². The fourth-order valence-electron chi connectivity index (χ4n) is 4.88. The van der Waals surface area contributed by atoms with Crippen LogP contribution in [0.25, 0.3) is 0 Å². The lowest BCUT2D eigenvalue weighted by Gasteiger charge is -2.25. The largest absolute Gasteiger partial charge is 0.124 e. The van der Waals surface area contributed by atoms with Gasteiger partial charge >= 0.3 is 0 Å². The van der Waals surface area contributed by atoms with Gasteiger partial charge in [-0.3, -0.25) is 0 Å². The highest BCUT2D eigenvalue weighted by molar-refractivity contribution is 14.2. The molecule has 0 saturated heterocycles. The molecule has 0 atom stereocenters. The lowest BCUT2D eigenvalue weighted by atomic mass is 10.4. The molecule has 0 bridgehead atoms. The summed E-state index contributed by atoms with van der Waals surface area (Å²) in [5.41, 5.74) is 0. The Labute approximate surface area is 300 Å². The minimum Gasteiger partial charge on any atom is -0.0748 e. The number of halogens is 3. The molecule has 0 nitrogen and oxygen atoms in total. The molecule has 0 aliphatic rings. The van der Waals surface area contributed by atoms with Crippen LogP contribution in [-0.4, -0.2) is 6.60 Å². The summed E-state index contributed by atoms with van der Waals surface area (Å²) in [5, 5.41) is 8.56. The third-order valence-electron chi connectivity index (χ3n) is 6.81.